The number of carbonyl (C=O) groups excluding carboxylic acids is 1. The monoisotopic (exact) mass is 466 g/mol. The molecule has 1 atom stereocenters. The Morgan fingerprint density at radius 3 is 2.42 bits per heavy atom. The van der Waals surface area contributed by atoms with Crippen LogP contribution in [0.4, 0.5) is 0 Å². The van der Waals surface area contributed by atoms with Gasteiger partial charge in [-0.1, -0.05) is 45.0 Å². The summed E-state index contributed by atoms with van der Waals surface area (Å²) < 4.78 is 11.1. The maximum Gasteiger partial charge on any atom is 0.330 e. The molecule has 1 aromatic rings. The Hall–Kier alpha value is -1.57. The number of thioether (sulfide) groups is 1. The minimum Gasteiger partial charge on any atom is -0.481 e. The first-order valence-corrected chi connectivity index (χ1v) is 14.8. The van der Waals surface area contributed by atoms with E-state index in [-0.39, 0.29) is 5.04 Å². The Morgan fingerprint density at radius 1 is 1.16 bits per heavy atom. The maximum absolute atomic E-state index is 12.1. The number of carboxylic acids is 1. The van der Waals surface area contributed by atoms with Crippen molar-refractivity contribution in [1.82, 2.24) is 0 Å². The van der Waals surface area contributed by atoms with Crippen LogP contribution in [0.5, 0.6) is 0 Å². The van der Waals surface area contributed by atoms with Crippen molar-refractivity contribution in [2.75, 3.05) is 24.7 Å². The molecular weight excluding hydrogens is 428 g/mol. The summed E-state index contributed by atoms with van der Waals surface area (Å²) in [6.45, 7) is 15.7. The lowest BCUT2D eigenvalue weighted by atomic mass is 9.79. The van der Waals surface area contributed by atoms with Crippen LogP contribution < -0.4 is 0 Å². The van der Waals surface area contributed by atoms with Crippen molar-refractivity contribution in [3.8, 4) is 0 Å². The van der Waals surface area contributed by atoms with Crippen molar-refractivity contribution >= 4 is 38.1 Å². The van der Waals surface area contributed by atoms with Gasteiger partial charge >= 0.3 is 11.9 Å². The minimum atomic E-state index is -1.75. The van der Waals surface area contributed by atoms with E-state index in [1.165, 1.54) is 6.08 Å². The molecule has 0 bridgehead atoms. The normalized spacial score (nSPS) is 14.4. The molecule has 1 aromatic carbocycles. The van der Waals surface area contributed by atoms with E-state index in [4.69, 9.17) is 9.16 Å². The van der Waals surface area contributed by atoms with Gasteiger partial charge in [-0.15, -0.1) is 0 Å². The second-order valence-electron chi connectivity index (χ2n) is 9.32. The Balaban J connectivity index is 2.71. The summed E-state index contributed by atoms with van der Waals surface area (Å²) in [5.74, 6) is 0.319. The minimum absolute atomic E-state index is 0.187. The van der Waals surface area contributed by atoms with Gasteiger partial charge in [0, 0.05) is 18.4 Å². The molecule has 0 heterocycles. The standard InChI is InChI=1S/C24H38O5SSi/c1-8-28-21(25)13-12-19-10-9-11-20(18-19)24(5,22(26)27)14-16-30-17-15-29-31(6,7)23(2,3)4/h9-13,18H,8,14-17H2,1-7H3,(H,26,27)/b13-12+. The zero-order valence-corrected chi connectivity index (χ0v) is 21.8. The summed E-state index contributed by atoms with van der Waals surface area (Å²) in [5, 5.41) is 10.1. The summed E-state index contributed by atoms with van der Waals surface area (Å²) >= 11 is 1.73. The number of ether oxygens (including phenoxy) is 1. The van der Waals surface area contributed by atoms with Gasteiger partial charge in [-0.3, -0.25) is 4.79 Å². The molecule has 0 aliphatic heterocycles. The van der Waals surface area contributed by atoms with E-state index in [0.29, 0.717) is 19.6 Å². The smallest absolute Gasteiger partial charge is 0.330 e. The molecule has 0 saturated heterocycles. The van der Waals surface area contributed by atoms with E-state index in [1.807, 2.05) is 24.3 Å². The van der Waals surface area contributed by atoms with Gasteiger partial charge in [0.2, 0.25) is 0 Å². The molecule has 1 rings (SSSR count). The molecule has 31 heavy (non-hydrogen) atoms. The van der Waals surface area contributed by atoms with Crippen molar-refractivity contribution in [3.63, 3.8) is 0 Å². The number of carbonyl (C=O) groups is 2. The fourth-order valence-electron chi connectivity index (χ4n) is 2.67. The number of aliphatic carboxylic acids is 1. The number of rotatable bonds is 12. The van der Waals surface area contributed by atoms with Crippen molar-refractivity contribution in [2.45, 2.75) is 64.6 Å². The van der Waals surface area contributed by atoms with Crippen LogP contribution in [-0.4, -0.2) is 50.1 Å². The van der Waals surface area contributed by atoms with Crippen molar-refractivity contribution in [2.24, 2.45) is 0 Å². The Morgan fingerprint density at radius 2 is 1.84 bits per heavy atom. The third-order valence-corrected chi connectivity index (χ3v) is 11.4. The molecule has 0 fully saturated rings. The summed E-state index contributed by atoms with van der Waals surface area (Å²) in [5.41, 5.74) is 0.499. The quantitative estimate of drug-likeness (QED) is 0.183. The summed E-state index contributed by atoms with van der Waals surface area (Å²) in [7, 11) is -1.75. The SMILES string of the molecule is CCOC(=O)/C=C/c1cccc(C(C)(CCSCCO[Si](C)(C)C(C)(C)C)C(=O)O)c1. The van der Waals surface area contributed by atoms with Crippen LogP contribution in [-0.2, 0) is 24.2 Å². The highest BCUT2D eigenvalue weighted by Gasteiger charge is 2.37. The summed E-state index contributed by atoms with van der Waals surface area (Å²) in [4.78, 5) is 23.7. The van der Waals surface area contributed by atoms with Gasteiger partial charge in [0.15, 0.2) is 8.32 Å². The van der Waals surface area contributed by atoms with Crippen LogP contribution in [0, 0.1) is 0 Å². The van der Waals surface area contributed by atoms with Crippen LogP contribution in [0.25, 0.3) is 6.08 Å². The molecule has 0 radical (unpaired) electrons. The molecule has 0 saturated carbocycles. The first-order valence-electron chi connectivity index (χ1n) is 10.7. The van der Waals surface area contributed by atoms with Gasteiger partial charge in [-0.25, -0.2) is 4.79 Å². The van der Waals surface area contributed by atoms with E-state index in [0.717, 1.165) is 22.6 Å². The highest BCUT2D eigenvalue weighted by atomic mass is 32.2. The molecule has 1 unspecified atom stereocenters. The van der Waals surface area contributed by atoms with E-state index >= 15 is 0 Å². The molecule has 0 aromatic heterocycles. The number of esters is 1. The lowest BCUT2D eigenvalue weighted by Crippen LogP contribution is -2.41. The van der Waals surface area contributed by atoms with Crippen molar-refractivity contribution < 1.29 is 23.9 Å². The van der Waals surface area contributed by atoms with E-state index in [9.17, 15) is 14.7 Å². The second-order valence-corrected chi connectivity index (χ2v) is 15.4. The third kappa shape index (κ3) is 8.47. The van der Waals surface area contributed by atoms with E-state index < -0.39 is 25.7 Å². The Kier molecular flexibility index (Phi) is 10.5. The highest BCUT2D eigenvalue weighted by Crippen LogP contribution is 2.36. The van der Waals surface area contributed by atoms with Crippen LogP contribution in [0.1, 0.15) is 52.2 Å². The van der Waals surface area contributed by atoms with Crippen LogP contribution in [0.3, 0.4) is 0 Å². The fraction of sp³-hybridized carbons (Fsp3) is 0.583. The third-order valence-electron chi connectivity index (χ3n) is 5.94. The van der Waals surface area contributed by atoms with Crippen LogP contribution in [0.15, 0.2) is 30.3 Å². The zero-order valence-electron chi connectivity index (χ0n) is 20.0. The van der Waals surface area contributed by atoms with Crippen molar-refractivity contribution in [3.05, 3.63) is 41.5 Å². The molecular formula is C24H38O5SSi. The first kappa shape index (κ1) is 27.5. The van der Waals surface area contributed by atoms with Gasteiger partial charge in [-0.2, -0.15) is 11.8 Å². The average molecular weight is 467 g/mol. The Bertz CT molecular complexity index is 769. The number of carboxylic acid groups (broad SMARTS) is 1. The number of hydrogen-bond acceptors (Lipinski definition) is 5. The second kappa shape index (κ2) is 11.9. The molecule has 1 N–H and O–H groups in total. The van der Waals surface area contributed by atoms with Crippen LogP contribution >= 0.6 is 11.8 Å². The fourth-order valence-corrected chi connectivity index (χ4v) is 4.82. The number of benzene rings is 1. The van der Waals surface area contributed by atoms with Crippen molar-refractivity contribution in [1.29, 1.82) is 0 Å². The predicted molar refractivity (Wildman–Crippen MR) is 132 cm³/mol. The van der Waals surface area contributed by atoms with Gasteiger partial charge in [0.25, 0.3) is 0 Å². The molecule has 5 nitrogen and oxygen atoms in total. The molecule has 0 spiro atoms. The highest BCUT2D eigenvalue weighted by molar-refractivity contribution is 7.99. The van der Waals surface area contributed by atoms with Gasteiger partial charge in [0.1, 0.15) is 0 Å². The molecule has 0 aliphatic carbocycles. The van der Waals surface area contributed by atoms with Gasteiger partial charge < -0.3 is 14.3 Å². The number of hydrogen-bond donors (Lipinski definition) is 1. The van der Waals surface area contributed by atoms with Gasteiger partial charge in [-0.05, 0) is 61.4 Å². The van der Waals surface area contributed by atoms with E-state index in [2.05, 4.69) is 33.9 Å². The molecule has 0 amide bonds. The summed E-state index contributed by atoms with van der Waals surface area (Å²) in [6, 6.07) is 7.33. The molecule has 174 valence electrons. The zero-order chi connectivity index (χ0) is 23.7. The lowest BCUT2D eigenvalue weighted by Gasteiger charge is -2.36. The predicted octanol–water partition coefficient (Wildman–Crippen LogP) is 5.75. The Labute approximate surface area is 192 Å². The largest absolute Gasteiger partial charge is 0.481 e. The molecule has 0 aliphatic rings. The van der Waals surface area contributed by atoms with E-state index in [1.54, 1.807) is 31.7 Å². The lowest BCUT2D eigenvalue weighted by molar-refractivity contribution is -0.143. The molecule has 7 heteroatoms. The topological polar surface area (TPSA) is 72.8 Å². The van der Waals surface area contributed by atoms with Gasteiger partial charge in [0.05, 0.1) is 12.0 Å². The van der Waals surface area contributed by atoms with Crippen LogP contribution in [0.2, 0.25) is 18.1 Å². The summed E-state index contributed by atoms with van der Waals surface area (Å²) in [6.07, 6.45) is 3.52. The maximum atomic E-state index is 12.1. The first-order chi connectivity index (χ1) is 14.3. The average Bonchev–Trinajstić information content (AvgIpc) is 2.68.